The van der Waals surface area contributed by atoms with Gasteiger partial charge in [-0.05, 0) is 54.2 Å². The predicted octanol–water partition coefficient (Wildman–Crippen LogP) is 3.60. The molecule has 1 aliphatic heterocycles. The van der Waals surface area contributed by atoms with E-state index in [2.05, 4.69) is 22.3 Å². The second-order valence-corrected chi connectivity index (χ2v) is 7.11. The molecule has 4 rings (SSSR count). The van der Waals surface area contributed by atoms with Crippen molar-refractivity contribution in [3.8, 4) is 11.1 Å². The molecule has 24 heavy (non-hydrogen) atoms. The maximum Gasteiger partial charge on any atom is 0.248 e. The Bertz CT molecular complexity index is 810. The molecule has 1 amide bonds. The van der Waals surface area contributed by atoms with Crippen LogP contribution in [0.4, 0.5) is 11.4 Å². The molecule has 0 spiro atoms. The van der Waals surface area contributed by atoms with Crippen molar-refractivity contribution in [2.75, 3.05) is 30.4 Å². The highest BCUT2D eigenvalue weighted by Gasteiger charge is 2.45. The molecule has 4 nitrogen and oxygen atoms in total. The van der Waals surface area contributed by atoms with Gasteiger partial charge in [0.1, 0.15) is 0 Å². The van der Waals surface area contributed by atoms with Gasteiger partial charge in [0, 0.05) is 36.3 Å². The van der Waals surface area contributed by atoms with Crippen molar-refractivity contribution in [2.45, 2.75) is 6.42 Å². The van der Waals surface area contributed by atoms with Crippen molar-refractivity contribution < 1.29 is 4.79 Å². The van der Waals surface area contributed by atoms with Crippen molar-refractivity contribution in [1.29, 1.82) is 0 Å². The average molecular weight is 342 g/mol. The summed E-state index contributed by atoms with van der Waals surface area (Å²) >= 11 is 6.37. The minimum Gasteiger partial charge on any atom is -0.386 e. The summed E-state index contributed by atoms with van der Waals surface area (Å²) in [6.07, 6.45) is 1.37. The summed E-state index contributed by atoms with van der Waals surface area (Å²) in [7, 11) is 1.94. The van der Waals surface area contributed by atoms with Crippen LogP contribution in [-0.4, -0.2) is 26.0 Å². The number of nitrogens with one attached hydrogen (secondary N) is 1. The number of anilines is 2. The molecule has 2 atom stereocenters. The Morgan fingerprint density at radius 1 is 1.21 bits per heavy atom. The van der Waals surface area contributed by atoms with Crippen LogP contribution in [0.1, 0.15) is 16.8 Å². The lowest BCUT2D eigenvalue weighted by Gasteiger charge is -2.24. The lowest BCUT2D eigenvalue weighted by molar-refractivity contribution is 0.100. The molecular formula is C19H20ClN3O. The molecule has 124 valence electrons. The zero-order valence-corrected chi connectivity index (χ0v) is 14.3. The number of piperidine rings is 1. The predicted molar refractivity (Wildman–Crippen MR) is 98.8 cm³/mol. The van der Waals surface area contributed by atoms with Gasteiger partial charge in [0.15, 0.2) is 0 Å². The van der Waals surface area contributed by atoms with Crippen molar-refractivity contribution in [2.24, 2.45) is 17.6 Å². The third kappa shape index (κ3) is 2.61. The van der Waals surface area contributed by atoms with Crippen molar-refractivity contribution in [3.05, 3.63) is 47.0 Å². The first-order valence-corrected chi connectivity index (χ1v) is 8.61. The van der Waals surface area contributed by atoms with E-state index in [1.54, 1.807) is 18.2 Å². The second kappa shape index (κ2) is 5.71. The molecule has 1 saturated heterocycles. The summed E-state index contributed by atoms with van der Waals surface area (Å²) in [5.74, 6) is 1.28. The molecule has 2 aromatic carbocycles. The van der Waals surface area contributed by atoms with Crippen LogP contribution < -0.4 is 16.0 Å². The molecule has 0 bridgehead atoms. The summed E-state index contributed by atoms with van der Waals surface area (Å²) in [5, 5.41) is 3.89. The van der Waals surface area contributed by atoms with Crippen LogP contribution in [0.2, 0.25) is 5.02 Å². The van der Waals surface area contributed by atoms with Gasteiger partial charge in [-0.15, -0.1) is 0 Å². The van der Waals surface area contributed by atoms with Gasteiger partial charge < -0.3 is 16.0 Å². The van der Waals surface area contributed by atoms with E-state index in [4.69, 9.17) is 17.3 Å². The van der Waals surface area contributed by atoms with Gasteiger partial charge in [-0.1, -0.05) is 17.7 Å². The number of fused-ring (bicyclic) bond motifs is 1. The lowest BCUT2D eigenvalue weighted by Crippen LogP contribution is -2.22. The second-order valence-electron chi connectivity index (χ2n) is 6.70. The third-order valence-electron chi connectivity index (χ3n) is 5.15. The number of carbonyl (C=O) groups excluding carboxylic acids is 1. The fourth-order valence-electron chi connectivity index (χ4n) is 3.67. The summed E-state index contributed by atoms with van der Waals surface area (Å²) in [5.41, 5.74) is 10.0. The van der Waals surface area contributed by atoms with Gasteiger partial charge in [-0.3, -0.25) is 4.79 Å². The van der Waals surface area contributed by atoms with E-state index in [9.17, 15) is 4.79 Å². The summed E-state index contributed by atoms with van der Waals surface area (Å²) in [6, 6.07) is 11.4. The van der Waals surface area contributed by atoms with E-state index in [0.717, 1.165) is 41.7 Å². The first-order valence-electron chi connectivity index (χ1n) is 8.23. The highest BCUT2D eigenvalue weighted by Crippen LogP contribution is 2.48. The van der Waals surface area contributed by atoms with Crippen LogP contribution in [-0.2, 0) is 0 Å². The first-order chi connectivity index (χ1) is 11.6. The number of hydrogen-bond acceptors (Lipinski definition) is 3. The minimum atomic E-state index is -0.445. The van der Waals surface area contributed by atoms with Gasteiger partial charge in [0.25, 0.3) is 0 Å². The van der Waals surface area contributed by atoms with Gasteiger partial charge in [0.05, 0.1) is 11.4 Å². The van der Waals surface area contributed by atoms with Crippen LogP contribution in [0.25, 0.3) is 11.1 Å². The van der Waals surface area contributed by atoms with Gasteiger partial charge in [-0.25, -0.2) is 0 Å². The average Bonchev–Trinajstić information content (AvgIpc) is 3.20. The molecule has 1 heterocycles. The fourth-order valence-corrected chi connectivity index (χ4v) is 3.89. The topological polar surface area (TPSA) is 58.4 Å². The fraction of sp³-hybridized carbons (Fsp3) is 0.316. The van der Waals surface area contributed by atoms with Gasteiger partial charge in [-0.2, -0.15) is 0 Å². The molecule has 0 aromatic heterocycles. The standard InChI is InChI=1S/C19H20ClN3O/c1-22-17-5-3-11(8-18(17)23-9-13-6-14(13)10-23)15-7-12(19(21)24)2-4-16(15)20/h2-5,7-8,13-14,22H,6,9-10H2,1H3,(H2,21,24). The Hall–Kier alpha value is -2.20. The SMILES string of the molecule is CNc1ccc(-c2cc(C(N)=O)ccc2Cl)cc1N1CC2CC2C1. The number of benzene rings is 2. The van der Waals surface area contributed by atoms with Crippen LogP contribution in [0.3, 0.4) is 0 Å². The smallest absolute Gasteiger partial charge is 0.248 e. The number of nitrogens with two attached hydrogens (primary N) is 1. The Kier molecular flexibility index (Phi) is 3.65. The number of amides is 1. The molecule has 2 aliphatic rings. The molecular weight excluding hydrogens is 322 g/mol. The normalized spacial score (nSPS) is 21.5. The maximum atomic E-state index is 11.5. The van der Waals surface area contributed by atoms with E-state index in [-0.39, 0.29) is 0 Å². The Labute approximate surface area is 146 Å². The van der Waals surface area contributed by atoms with Crippen LogP contribution in [0.15, 0.2) is 36.4 Å². The number of primary amides is 1. The highest BCUT2D eigenvalue weighted by atomic mass is 35.5. The lowest BCUT2D eigenvalue weighted by atomic mass is 10.0. The number of hydrogen-bond donors (Lipinski definition) is 2. The van der Waals surface area contributed by atoms with E-state index in [1.165, 1.54) is 12.1 Å². The Morgan fingerprint density at radius 2 is 1.96 bits per heavy atom. The molecule has 1 aliphatic carbocycles. The molecule has 1 saturated carbocycles. The van der Waals surface area contributed by atoms with Crippen LogP contribution in [0, 0.1) is 11.8 Å². The number of rotatable bonds is 4. The molecule has 3 N–H and O–H groups in total. The molecule has 0 radical (unpaired) electrons. The Morgan fingerprint density at radius 3 is 2.62 bits per heavy atom. The van der Waals surface area contributed by atoms with Crippen molar-refractivity contribution in [3.63, 3.8) is 0 Å². The zero-order valence-electron chi connectivity index (χ0n) is 13.6. The monoisotopic (exact) mass is 341 g/mol. The minimum absolute atomic E-state index is 0.445. The molecule has 2 fully saturated rings. The van der Waals surface area contributed by atoms with Gasteiger partial charge in [0.2, 0.25) is 5.91 Å². The third-order valence-corrected chi connectivity index (χ3v) is 5.48. The Balaban J connectivity index is 1.76. The number of carbonyl (C=O) groups is 1. The zero-order chi connectivity index (χ0) is 16.8. The summed E-state index contributed by atoms with van der Waals surface area (Å²) in [6.45, 7) is 2.25. The van der Waals surface area contributed by atoms with E-state index in [0.29, 0.717) is 10.6 Å². The molecule has 2 unspecified atom stereocenters. The number of nitrogens with zero attached hydrogens (tertiary/aromatic N) is 1. The molecule has 5 heteroatoms. The van der Waals surface area contributed by atoms with E-state index in [1.807, 2.05) is 13.1 Å². The molecule has 2 aromatic rings. The first kappa shape index (κ1) is 15.3. The van der Waals surface area contributed by atoms with Crippen LogP contribution in [0.5, 0.6) is 0 Å². The van der Waals surface area contributed by atoms with Crippen molar-refractivity contribution in [1.82, 2.24) is 0 Å². The van der Waals surface area contributed by atoms with Crippen molar-refractivity contribution >= 4 is 28.9 Å². The van der Waals surface area contributed by atoms with Crippen LogP contribution >= 0.6 is 11.6 Å². The van der Waals surface area contributed by atoms with E-state index < -0.39 is 5.91 Å². The number of halogens is 1. The highest BCUT2D eigenvalue weighted by molar-refractivity contribution is 6.33. The summed E-state index contributed by atoms with van der Waals surface area (Å²) in [4.78, 5) is 13.9. The van der Waals surface area contributed by atoms with Gasteiger partial charge >= 0.3 is 0 Å². The maximum absolute atomic E-state index is 11.5. The summed E-state index contributed by atoms with van der Waals surface area (Å²) < 4.78 is 0. The van der Waals surface area contributed by atoms with E-state index >= 15 is 0 Å². The quantitative estimate of drug-likeness (QED) is 0.893. The largest absolute Gasteiger partial charge is 0.386 e.